The van der Waals surface area contributed by atoms with E-state index >= 15 is 0 Å². The number of carbonyl (C=O) groups is 1. The Balaban J connectivity index is 1.86. The molecule has 0 saturated carbocycles. The summed E-state index contributed by atoms with van der Waals surface area (Å²) in [5, 5.41) is 2.92. The van der Waals surface area contributed by atoms with Gasteiger partial charge < -0.3 is 9.50 Å². The maximum Gasteiger partial charge on any atom is 0.340 e. The number of pyridine rings is 1. The van der Waals surface area contributed by atoms with Crippen molar-refractivity contribution in [3.63, 3.8) is 0 Å². The Morgan fingerprint density at radius 3 is 2.73 bits per heavy atom. The summed E-state index contributed by atoms with van der Waals surface area (Å²) in [5.74, 6) is 0.130. The van der Waals surface area contributed by atoms with Crippen molar-refractivity contribution in [3.05, 3.63) is 47.2 Å². The summed E-state index contributed by atoms with van der Waals surface area (Å²) in [6.45, 7) is 0. The van der Waals surface area contributed by atoms with Crippen LogP contribution in [0.25, 0.3) is 0 Å². The molecule has 3 rings (SSSR count). The van der Waals surface area contributed by atoms with E-state index in [1.165, 1.54) is 18.2 Å². The number of anilines is 1. The number of rotatable bonds is 3. The van der Waals surface area contributed by atoms with Crippen LogP contribution in [-0.4, -0.2) is 19.3 Å². The molecular formula is C14H11ClN2O4S. The number of halogens is 1. The Morgan fingerprint density at radius 1 is 1.18 bits per heavy atom. The highest BCUT2D eigenvalue weighted by Crippen LogP contribution is 2.28. The lowest BCUT2D eigenvalue weighted by Crippen LogP contribution is -2.19. The topological polar surface area (TPSA) is 85.4 Å². The van der Waals surface area contributed by atoms with Crippen LogP contribution in [0.15, 0.2) is 41.4 Å². The average Bonchev–Trinajstić information content (AvgIpc) is 2.47. The molecule has 1 N–H and O–H groups in total. The molecule has 0 bridgehead atoms. The second-order valence-electron chi connectivity index (χ2n) is 4.72. The van der Waals surface area contributed by atoms with Gasteiger partial charge in [-0.25, -0.2) is 4.98 Å². The number of nitrogens with one attached hydrogen (secondary N) is 1. The number of hydrogen-bond donors (Lipinski definition) is 1. The molecule has 1 amide bonds. The van der Waals surface area contributed by atoms with E-state index in [0.717, 1.165) is 11.8 Å². The molecule has 0 radical (unpaired) electrons. The van der Waals surface area contributed by atoms with Crippen molar-refractivity contribution in [1.29, 1.82) is 0 Å². The summed E-state index contributed by atoms with van der Waals surface area (Å²) in [7, 11) is -3.98. The monoisotopic (exact) mass is 338 g/mol. The summed E-state index contributed by atoms with van der Waals surface area (Å²) < 4.78 is 29.4. The van der Waals surface area contributed by atoms with E-state index < -0.39 is 10.1 Å². The molecule has 114 valence electrons. The molecule has 0 aliphatic carbocycles. The van der Waals surface area contributed by atoms with Crippen LogP contribution in [0.3, 0.4) is 0 Å². The van der Waals surface area contributed by atoms with Gasteiger partial charge in [-0.2, -0.15) is 8.42 Å². The molecule has 22 heavy (non-hydrogen) atoms. The quantitative estimate of drug-likeness (QED) is 0.686. The van der Waals surface area contributed by atoms with Gasteiger partial charge in [-0.05, 0) is 42.3 Å². The lowest BCUT2D eigenvalue weighted by molar-refractivity contribution is -0.116. The molecule has 2 aromatic rings. The highest BCUT2D eigenvalue weighted by Gasteiger charge is 2.20. The van der Waals surface area contributed by atoms with E-state index in [9.17, 15) is 13.2 Å². The fraction of sp³-hybridized carbons (Fsp3) is 0.143. The Kier molecular flexibility index (Phi) is 3.76. The highest BCUT2D eigenvalue weighted by atomic mass is 35.5. The minimum absolute atomic E-state index is 0.0546. The van der Waals surface area contributed by atoms with Gasteiger partial charge in [0.1, 0.15) is 15.8 Å². The van der Waals surface area contributed by atoms with Crippen molar-refractivity contribution in [3.8, 4) is 5.75 Å². The normalized spacial score (nSPS) is 14.1. The number of amides is 1. The standard InChI is InChI=1S/C14H11ClN2O4S/c15-13-5-3-11(8-16-13)22(19,20)21-10-2-4-12-9(7-10)1-6-14(18)17-12/h2-5,7-8H,1,6H2,(H,17,18). The third kappa shape index (κ3) is 3.05. The molecule has 0 atom stereocenters. The smallest absolute Gasteiger partial charge is 0.340 e. The first-order chi connectivity index (χ1) is 10.4. The van der Waals surface area contributed by atoms with Crippen LogP contribution >= 0.6 is 11.6 Å². The van der Waals surface area contributed by atoms with Gasteiger partial charge >= 0.3 is 10.1 Å². The molecule has 1 aromatic carbocycles. The van der Waals surface area contributed by atoms with E-state index in [2.05, 4.69) is 10.3 Å². The first-order valence-corrected chi connectivity index (χ1v) is 8.21. The minimum Gasteiger partial charge on any atom is -0.379 e. The number of nitrogens with zero attached hydrogens (tertiary/aromatic N) is 1. The van der Waals surface area contributed by atoms with Gasteiger partial charge in [-0.3, -0.25) is 4.79 Å². The number of aromatic nitrogens is 1. The fourth-order valence-electron chi connectivity index (χ4n) is 2.10. The SMILES string of the molecule is O=C1CCc2cc(OS(=O)(=O)c3ccc(Cl)nc3)ccc2N1. The lowest BCUT2D eigenvalue weighted by atomic mass is 10.0. The molecule has 0 unspecified atom stereocenters. The largest absolute Gasteiger partial charge is 0.379 e. The molecule has 8 heteroatoms. The van der Waals surface area contributed by atoms with Crippen LogP contribution in [-0.2, 0) is 21.3 Å². The molecule has 1 aliphatic rings. The van der Waals surface area contributed by atoms with Gasteiger partial charge in [0.05, 0.1) is 6.20 Å². The third-order valence-corrected chi connectivity index (χ3v) is 4.62. The van der Waals surface area contributed by atoms with Crippen molar-refractivity contribution < 1.29 is 17.4 Å². The predicted molar refractivity (Wildman–Crippen MR) is 80.5 cm³/mol. The van der Waals surface area contributed by atoms with E-state index in [4.69, 9.17) is 15.8 Å². The summed E-state index contributed by atoms with van der Waals surface area (Å²) in [4.78, 5) is 14.9. The van der Waals surface area contributed by atoms with Crippen molar-refractivity contribution in [2.45, 2.75) is 17.7 Å². The highest BCUT2D eigenvalue weighted by molar-refractivity contribution is 7.87. The van der Waals surface area contributed by atoms with Crippen LogP contribution in [0.1, 0.15) is 12.0 Å². The number of fused-ring (bicyclic) bond motifs is 1. The van der Waals surface area contributed by atoms with E-state index in [1.807, 2.05) is 0 Å². The lowest BCUT2D eigenvalue weighted by Gasteiger charge is -2.17. The van der Waals surface area contributed by atoms with E-state index in [0.29, 0.717) is 18.5 Å². The van der Waals surface area contributed by atoms with Gasteiger partial charge in [0.2, 0.25) is 5.91 Å². The average molecular weight is 339 g/mol. The number of carbonyl (C=O) groups excluding carboxylic acids is 1. The van der Waals surface area contributed by atoms with Crippen molar-refractivity contribution in [2.24, 2.45) is 0 Å². The summed E-state index contributed by atoms with van der Waals surface area (Å²) in [6, 6.07) is 7.42. The zero-order chi connectivity index (χ0) is 15.7. The van der Waals surface area contributed by atoms with Gasteiger partial charge in [0.25, 0.3) is 0 Å². The molecular weight excluding hydrogens is 328 g/mol. The number of hydrogen-bond acceptors (Lipinski definition) is 5. The van der Waals surface area contributed by atoms with Gasteiger partial charge in [0.15, 0.2) is 0 Å². The molecule has 1 aromatic heterocycles. The van der Waals surface area contributed by atoms with Crippen LogP contribution in [0, 0.1) is 0 Å². The van der Waals surface area contributed by atoms with Crippen molar-refractivity contribution in [1.82, 2.24) is 4.98 Å². The predicted octanol–water partition coefficient (Wildman–Crippen LogP) is 2.39. The Bertz CT molecular complexity index is 834. The third-order valence-electron chi connectivity index (χ3n) is 3.17. The Labute approximate surface area is 132 Å². The van der Waals surface area contributed by atoms with Crippen LogP contribution in [0.2, 0.25) is 5.15 Å². The molecule has 1 aliphatic heterocycles. The van der Waals surface area contributed by atoms with Crippen molar-refractivity contribution >= 4 is 33.3 Å². The molecule has 6 nitrogen and oxygen atoms in total. The molecule has 2 heterocycles. The second kappa shape index (κ2) is 5.58. The summed E-state index contributed by atoms with van der Waals surface area (Å²) >= 11 is 5.63. The fourth-order valence-corrected chi connectivity index (χ4v) is 3.08. The molecule has 0 saturated heterocycles. The first kappa shape index (κ1) is 14.8. The maximum absolute atomic E-state index is 12.2. The van der Waals surface area contributed by atoms with Gasteiger partial charge in [0, 0.05) is 12.1 Å². The maximum atomic E-state index is 12.2. The number of aryl methyl sites for hydroxylation is 1. The first-order valence-electron chi connectivity index (χ1n) is 6.43. The summed E-state index contributed by atoms with van der Waals surface area (Å²) in [6.07, 6.45) is 2.04. The Hall–Kier alpha value is -2.12. The second-order valence-corrected chi connectivity index (χ2v) is 6.65. The Morgan fingerprint density at radius 2 is 2.00 bits per heavy atom. The molecule has 0 fully saturated rings. The van der Waals surface area contributed by atoms with Crippen LogP contribution < -0.4 is 9.50 Å². The summed E-state index contributed by atoms with van der Waals surface area (Å²) in [5.41, 5.74) is 1.51. The van der Waals surface area contributed by atoms with E-state index in [1.54, 1.807) is 12.1 Å². The van der Waals surface area contributed by atoms with Gasteiger partial charge in [-0.15, -0.1) is 0 Å². The zero-order valence-electron chi connectivity index (χ0n) is 11.2. The zero-order valence-corrected chi connectivity index (χ0v) is 12.8. The van der Waals surface area contributed by atoms with Crippen LogP contribution in [0.5, 0.6) is 5.75 Å². The van der Waals surface area contributed by atoms with E-state index in [-0.39, 0.29) is 21.7 Å². The van der Waals surface area contributed by atoms with Crippen LogP contribution in [0.4, 0.5) is 5.69 Å². The number of benzene rings is 1. The van der Waals surface area contributed by atoms with Gasteiger partial charge in [-0.1, -0.05) is 11.6 Å². The van der Waals surface area contributed by atoms with Crippen molar-refractivity contribution in [2.75, 3.05) is 5.32 Å². The minimum atomic E-state index is -3.98. The molecule has 0 spiro atoms.